The first kappa shape index (κ1) is 20.0. The summed E-state index contributed by atoms with van der Waals surface area (Å²) in [5.74, 6) is 0.221. The Labute approximate surface area is 177 Å². The van der Waals surface area contributed by atoms with Crippen molar-refractivity contribution in [3.8, 4) is 11.5 Å². The fourth-order valence-corrected chi connectivity index (χ4v) is 2.99. The van der Waals surface area contributed by atoms with Crippen molar-refractivity contribution in [3.63, 3.8) is 0 Å². The highest BCUT2D eigenvalue weighted by molar-refractivity contribution is 5.97. The third kappa shape index (κ3) is 4.99. The van der Waals surface area contributed by atoms with E-state index in [1.165, 1.54) is 29.0 Å². The lowest BCUT2D eigenvalue weighted by Gasteiger charge is -2.09. The molecule has 0 aliphatic carbocycles. The van der Waals surface area contributed by atoms with Crippen LogP contribution in [0.4, 0.5) is 0 Å². The van der Waals surface area contributed by atoms with Gasteiger partial charge in [0.15, 0.2) is 11.5 Å². The fourth-order valence-electron chi connectivity index (χ4n) is 2.99. The second-order valence-corrected chi connectivity index (χ2v) is 6.76. The van der Waals surface area contributed by atoms with Crippen LogP contribution in [0.3, 0.4) is 0 Å². The van der Waals surface area contributed by atoms with Crippen LogP contribution in [0, 0.1) is 0 Å². The summed E-state index contributed by atoms with van der Waals surface area (Å²) >= 11 is 0. The number of hydrogen-bond acceptors (Lipinski definition) is 5. The zero-order valence-electron chi connectivity index (χ0n) is 16.4. The summed E-state index contributed by atoms with van der Waals surface area (Å²) in [6.07, 6.45) is 4.33. The van der Waals surface area contributed by atoms with Gasteiger partial charge >= 0.3 is 0 Å². The Morgan fingerprint density at radius 3 is 2.61 bits per heavy atom. The molecule has 1 aromatic heterocycles. The molecule has 0 unspecified atom stereocenters. The van der Waals surface area contributed by atoms with Gasteiger partial charge in [-0.2, -0.15) is 0 Å². The zero-order chi connectivity index (χ0) is 21.6. The van der Waals surface area contributed by atoms with Crippen molar-refractivity contribution < 1.29 is 19.1 Å². The number of nitrogens with one attached hydrogen (secondary N) is 2. The SMILES string of the molecule is O=C(C=Cc1ccc2c(c1)OCO2)NNC(=O)c1ccc(=O)n(Cc2ccccc2)c1. The molecule has 0 fully saturated rings. The molecule has 2 N–H and O–H groups in total. The molecule has 0 spiro atoms. The predicted molar refractivity (Wildman–Crippen MR) is 113 cm³/mol. The lowest BCUT2D eigenvalue weighted by Crippen LogP contribution is -2.41. The summed E-state index contributed by atoms with van der Waals surface area (Å²) in [4.78, 5) is 36.5. The van der Waals surface area contributed by atoms with E-state index in [9.17, 15) is 14.4 Å². The second-order valence-electron chi connectivity index (χ2n) is 6.76. The molecule has 0 saturated heterocycles. The van der Waals surface area contributed by atoms with Gasteiger partial charge < -0.3 is 14.0 Å². The third-order valence-corrected chi connectivity index (χ3v) is 4.56. The molecule has 0 atom stereocenters. The Morgan fingerprint density at radius 1 is 0.968 bits per heavy atom. The summed E-state index contributed by atoms with van der Waals surface area (Å²) in [5.41, 5.74) is 6.36. The Bertz CT molecular complexity index is 1200. The molecule has 8 nitrogen and oxygen atoms in total. The van der Waals surface area contributed by atoms with Crippen LogP contribution < -0.4 is 25.9 Å². The average molecular weight is 417 g/mol. The minimum atomic E-state index is -0.536. The number of aromatic nitrogens is 1. The van der Waals surface area contributed by atoms with Crippen molar-refractivity contribution >= 4 is 17.9 Å². The summed E-state index contributed by atoms with van der Waals surface area (Å²) < 4.78 is 12.0. The van der Waals surface area contributed by atoms with E-state index in [1.54, 1.807) is 24.3 Å². The van der Waals surface area contributed by atoms with Gasteiger partial charge in [-0.1, -0.05) is 36.4 Å². The van der Waals surface area contributed by atoms with Gasteiger partial charge in [0.1, 0.15) is 0 Å². The van der Waals surface area contributed by atoms with Crippen molar-refractivity contribution in [2.75, 3.05) is 6.79 Å². The van der Waals surface area contributed by atoms with Gasteiger partial charge in [0.2, 0.25) is 6.79 Å². The van der Waals surface area contributed by atoms with Crippen molar-refractivity contribution in [2.24, 2.45) is 0 Å². The lowest BCUT2D eigenvalue weighted by molar-refractivity contribution is -0.117. The van der Waals surface area contributed by atoms with Crippen molar-refractivity contribution in [1.82, 2.24) is 15.4 Å². The molecule has 8 heteroatoms. The van der Waals surface area contributed by atoms with Gasteiger partial charge in [-0.15, -0.1) is 0 Å². The topological polar surface area (TPSA) is 98.7 Å². The van der Waals surface area contributed by atoms with Gasteiger partial charge in [0.25, 0.3) is 17.4 Å². The number of benzene rings is 2. The minimum absolute atomic E-state index is 0.174. The largest absolute Gasteiger partial charge is 0.454 e. The van der Waals surface area contributed by atoms with Crippen LogP contribution in [-0.2, 0) is 11.3 Å². The minimum Gasteiger partial charge on any atom is -0.454 e. The fraction of sp³-hybridized carbons (Fsp3) is 0.0870. The quantitative estimate of drug-likeness (QED) is 0.489. The number of nitrogens with zero attached hydrogens (tertiary/aromatic N) is 1. The van der Waals surface area contributed by atoms with E-state index in [-0.39, 0.29) is 17.9 Å². The lowest BCUT2D eigenvalue weighted by atomic mass is 10.2. The van der Waals surface area contributed by atoms with E-state index in [1.807, 2.05) is 30.3 Å². The molecule has 31 heavy (non-hydrogen) atoms. The zero-order valence-corrected chi connectivity index (χ0v) is 16.4. The summed E-state index contributed by atoms with van der Waals surface area (Å²) in [6, 6.07) is 17.5. The number of hydrogen-bond donors (Lipinski definition) is 2. The maximum absolute atomic E-state index is 12.4. The molecule has 2 amide bonds. The standard InChI is InChI=1S/C23H19N3O5/c27-21(10-7-16-6-9-19-20(12-16)31-15-30-19)24-25-23(29)18-8-11-22(28)26(14-18)13-17-4-2-1-3-5-17/h1-12,14H,13,15H2,(H,24,27)(H,25,29). The summed E-state index contributed by atoms with van der Waals surface area (Å²) in [7, 11) is 0. The predicted octanol–water partition coefficient (Wildman–Crippen LogP) is 2.10. The third-order valence-electron chi connectivity index (χ3n) is 4.56. The highest BCUT2D eigenvalue weighted by Gasteiger charge is 2.12. The second kappa shape index (κ2) is 9.00. The summed E-state index contributed by atoms with van der Waals surface area (Å²) in [5, 5.41) is 0. The number of pyridine rings is 1. The molecule has 0 radical (unpaired) electrons. The van der Waals surface area contributed by atoms with Crippen LogP contribution >= 0.6 is 0 Å². The molecule has 4 rings (SSSR count). The number of amides is 2. The first-order chi connectivity index (χ1) is 15.1. The Morgan fingerprint density at radius 2 is 1.77 bits per heavy atom. The van der Waals surface area contributed by atoms with Crippen LogP contribution in [0.25, 0.3) is 6.08 Å². The molecule has 1 aliphatic heterocycles. The Hall–Kier alpha value is -4.33. The number of fused-ring (bicyclic) bond motifs is 1. The van der Waals surface area contributed by atoms with Gasteiger partial charge in [-0.05, 0) is 35.4 Å². The van der Waals surface area contributed by atoms with Crippen LogP contribution in [0.2, 0.25) is 0 Å². The van der Waals surface area contributed by atoms with E-state index in [0.717, 1.165) is 11.1 Å². The van der Waals surface area contributed by atoms with E-state index < -0.39 is 11.8 Å². The van der Waals surface area contributed by atoms with E-state index in [4.69, 9.17) is 9.47 Å². The first-order valence-electron chi connectivity index (χ1n) is 9.51. The molecule has 0 saturated carbocycles. The van der Waals surface area contributed by atoms with E-state index >= 15 is 0 Å². The number of ether oxygens (including phenoxy) is 2. The highest BCUT2D eigenvalue weighted by Crippen LogP contribution is 2.32. The van der Waals surface area contributed by atoms with Gasteiger partial charge in [-0.25, -0.2) is 0 Å². The number of carbonyl (C=O) groups is 2. The molecule has 1 aliphatic rings. The number of rotatable bonds is 5. The van der Waals surface area contributed by atoms with Crippen LogP contribution in [0.5, 0.6) is 11.5 Å². The van der Waals surface area contributed by atoms with Gasteiger partial charge in [0.05, 0.1) is 12.1 Å². The molecule has 0 bridgehead atoms. The van der Waals surface area contributed by atoms with Crippen molar-refractivity contribution in [2.45, 2.75) is 6.54 Å². The van der Waals surface area contributed by atoms with Crippen molar-refractivity contribution in [1.29, 1.82) is 0 Å². The van der Waals surface area contributed by atoms with Gasteiger partial charge in [-0.3, -0.25) is 25.2 Å². The van der Waals surface area contributed by atoms with Crippen LogP contribution in [-0.4, -0.2) is 23.2 Å². The maximum Gasteiger partial charge on any atom is 0.271 e. The highest BCUT2D eigenvalue weighted by atomic mass is 16.7. The molecule has 156 valence electrons. The average Bonchev–Trinajstić information content (AvgIpc) is 3.26. The molecular formula is C23H19N3O5. The molecule has 3 aromatic rings. The normalized spacial score (nSPS) is 12.0. The maximum atomic E-state index is 12.4. The smallest absolute Gasteiger partial charge is 0.271 e. The number of carbonyl (C=O) groups excluding carboxylic acids is 2. The molecule has 2 aromatic carbocycles. The summed E-state index contributed by atoms with van der Waals surface area (Å²) in [6.45, 7) is 0.513. The Balaban J connectivity index is 1.35. The van der Waals surface area contributed by atoms with Gasteiger partial charge in [0, 0.05) is 18.3 Å². The van der Waals surface area contributed by atoms with E-state index in [2.05, 4.69) is 10.9 Å². The molecule has 2 heterocycles. The van der Waals surface area contributed by atoms with Crippen LogP contribution in [0.15, 0.2) is 77.7 Å². The Kier molecular flexibility index (Phi) is 5.79. The van der Waals surface area contributed by atoms with E-state index in [0.29, 0.717) is 18.0 Å². The molecular weight excluding hydrogens is 398 g/mol. The monoisotopic (exact) mass is 417 g/mol. The number of hydrazine groups is 1. The van der Waals surface area contributed by atoms with Crippen molar-refractivity contribution in [3.05, 3.63) is 100.0 Å². The van der Waals surface area contributed by atoms with Crippen LogP contribution in [0.1, 0.15) is 21.5 Å². The first-order valence-corrected chi connectivity index (χ1v) is 9.51.